The lowest BCUT2D eigenvalue weighted by atomic mass is 10.4. The minimum atomic E-state index is 0.664. The van der Waals surface area contributed by atoms with Crippen molar-refractivity contribution in [2.45, 2.75) is 6.92 Å². The largest absolute Gasteiger partial charge is 0.443 e. The summed E-state index contributed by atoms with van der Waals surface area (Å²) in [6.45, 7) is 4.67. The third-order valence-corrected chi connectivity index (χ3v) is 3.12. The highest BCUT2D eigenvalue weighted by Crippen LogP contribution is 2.13. The van der Waals surface area contributed by atoms with E-state index >= 15 is 0 Å². The summed E-state index contributed by atoms with van der Waals surface area (Å²) >= 11 is 1.69. The van der Waals surface area contributed by atoms with E-state index in [-0.39, 0.29) is 0 Å². The standard InChI is InChI=1S/C12H13NOS/c1-3-14-9-10-6-7-12(15-10)11-5-4-8-13(11)2/h4-8H,3H2,1-2H3. The van der Waals surface area contributed by atoms with Gasteiger partial charge in [-0.05, 0) is 24.9 Å². The van der Waals surface area contributed by atoms with E-state index in [1.807, 2.05) is 32.7 Å². The Kier molecular flexibility index (Phi) is 2.95. The first-order valence-corrected chi connectivity index (χ1v) is 5.72. The van der Waals surface area contributed by atoms with Gasteiger partial charge in [-0.1, -0.05) is 0 Å². The Bertz CT molecular complexity index is 520. The molecule has 1 aliphatic heterocycles. The molecule has 0 spiro atoms. The van der Waals surface area contributed by atoms with Crippen LogP contribution in [-0.2, 0) is 4.42 Å². The van der Waals surface area contributed by atoms with Crippen LogP contribution in [0.2, 0.25) is 0 Å². The summed E-state index contributed by atoms with van der Waals surface area (Å²) in [4.78, 5) is 2.11. The maximum Gasteiger partial charge on any atom is 0.363 e. The molecule has 1 aromatic heterocycles. The van der Waals surface area contributed by atoms with Crippen LogP contribution in [0.4, 0.5) is 0 Å². The van der Waals surface area contributed by atoms with Crippen molar-refractivity contribution in [1.29, 1.82) is 0 Å². The summed E-state index contributed by atoms with van der Waals surface area (Å²) in [5.41, 5.74) is 1.23. The van der Waals surface area contributed by atoms with Crippen molar-refractivity contribution in [3.63, 3.8) is 0 Å². The summed E-state index contributed by atoms with van der Waals surface area (Å²) in [5, 5.41) is 0. The van der Waals surface area contributed by atoms with Gasteiger partial charge in [0.2, 0.25) is 0 Å². The first-order chi connectivity index (χ1) is 7.31. The predicted octanol–water partition coefficient (Wildman–Crippen LogP) is 0.578. The smallest absolute Gasteiger partial charge is 0.363 e. The van der Waals surface area contributed by atoms with Gasteiger partial charge in [0.25, 0.3) is 6.61 Å². The lowest BCUT2D eigenvalue weighted by molar-refractivity contribution is 0.127. The van der Waals surface area contributed by atoms with Crippen LogP contribution < -0.4 is 9.06 Å². The Morgan fingerprint density at radius 2 is 2.40 bits per heavy atom. The zero-order chi connectivity index (χ0) is 10.7. The van der Waals surface area contributed by atoms with Crippen LogP contribution in [-0.4, -0.2) is 24.5 Å². The van der Waals surface area contributed by atoms with E-state index < -0.39 is 0 Å². The molecular weight excluding hydrogens is 206 g/mol. The lowest BCUT2D eigenvalue weighted by Gasteiger charge is -2.19. The molecule has 2 heterocycles. The Hall–Kier alpha value is -1.44. The highest BCUT2D eigenvalue weighted by molar-refractivity contribution is 7.08. The maximum absolute atomic E-state index is 5.13. The summed E-state index contributed by atoms with van der Waals surface area (Å²) in [5.74, 6) is 2.91. The van der Waals surface area contributed by atoms with E-state index in [1.54, 1.807) is 11.3 Å². The van der Waals surface area contributed by atoms with Crippen molar-refractivity contribution in [1.82, 2.24) is 4.90 Å². The van der Waals surface area contributed by atoms with Crippen LogP contribution in [0, 0.1) is 6.54 Å². The van der Waals surface area contributed by atoms with E-state index in [0.29, 0.717) is 6.61 Å². The normalized spacial score (nSPS) is 17.6. The molecular formula is C12H13NOS. The second kappa shape index (κ2) is 4.39. The highest BCUT2D eigenvalue weighted by atomic mass is 32.1. The summed E-state index contributed by atoms with van der Waals surface area (Å²) in [6.07, 6.45) is 4.15. The molecule has 1 aliphatic rings. The van der Waals surface area contributed by atoms with Gasteiger partial charge in [-0.15, -0.1) is 17.9 Å². The number of carbonyl (C=O) groups excluding carboxylic acids is 1. The third-order valence-electron chi connectivity index (χ3n) is 2.12. The molecule has 1 aromatic rings. The van der Waals surface area contributed by atoms with Crippen molar-refractivity contribution in [3.8, 4) is 0 Å². The fourth-order valence-corrected chi connectivity index (χ4v) is 2.32. The summed E-state index contributed by atoms with van der Waals surface area (Å²) in [6, 6.07) is 4.13. The first kappa shape index (κ1) is 10.1. The molecule has 0 aromatic carbocycles. The van der Waals surface area contributed by atoms with E-state index in [9.17, 15) is 0 Å². The van der Waals surface area contributed by atoms with Gasteiger partial charge < -0.3 is 4.90 Å². The first-order valence-electron chi connectivity index (χ1n) is 4.90. The molecule has 0 N–H and O–H groups in total. The molecule has 0 saturated carbocycles. The van der Waals surface area contributed by atoms with Crippen LogP contribution in [0.15, 0.2) is 24.3 Å². The van der Waals surface area contributed by atoms with Gasteiger partial charge in [0.05, 0.1) is 0 Å². The number of thiophene rings is 1. The second-order valence-electron chi connectivity index (χ2n) is 3.20. The van der Waals surface area contributed by atoms with Crippen LogP contribution in [0.5, 0.6) is 0 Å². The number of hydrogen-bond donors (Lipinski definition) is 0. The highest BCUT2D eigenvalue weighted by Gasteiger charge is 1.99. The molecule has 0 saturated heterocycles. The number of rotatable bonds is 1. The van der Waals surface area contributed by atoms with E-state index in [0.717, 1.165) is 4.53 Å². The molecule has 0 bridgehead atoms. The summed E-state index contributed by atoms with van der Waals surface area (Å²) < 4.78 is 7.41. The van der Waals surface area contributed by atoms with Crippen LogP contribution >= 0.6 is 11.3 Å². The van der Waals surface area contributed by atoms with Crippen LogP contribution in [0.3, 0.4) is 0 Å². The zero-order valence-electron chi connectivity index (χ0n) is 8.86. The minimum absolute atomic E-state index is 0.664. The van der Waals surface area contributed by atoms with Gasteiger partial charge in [0.15, 0.2) is 4.53 Å². The summed E-state index contributed by atoms with van der Waals surface area (Å²) in [7, 11) is 2.05. The van der Waals surface area contributed by atoms with E-state index in [4.69, 9.17) is 4.42 Å². The van der Waals surface area contributed by atoms with Gasteiger partial charge in [-0.2, -0.15) is 6.08 Å². The Balaban J connectivity index is 2.52. The molecule has 0 amide bonds. The van der Waals surface area contributed by atoms with Crippen LogP contribution in [0.25, 0.3) is 5.70 Å². The van der Waals surface area contributed by atoms with Crippen molar-refractivity contribution in [2.24, 2.45) is 0 Å². The van der Waals surface area contributed by atoms with Crippen LogP contribution in [0.1, 0.15) is 6.92 Å². The SMILES string of the molecule is CC[O+]=C=c1ccc(=C2C=C[CH-]N2C)s1. The molecule has 78 valence electrons. The van der Waals surface area contributed by atoms with Gasteiger partial charge >= 0.3 is 5.94 Å². The Morgan fingerprint density at radius 3 is 3.07 bits per heavy atom. The number of likely N-dealkylation sites (N-methyl/N-ethyl adjacent to an activating group) is 1. The molecule has 0 aliphatic carbocycles. The second-order valence-corrected chi connectivity index (χ2v) is 4.29. The topological polar surface area (TPSA) is 14.5 Å². The van der Waals surface area contributed by atoms with Gasteiger partial charge in [-0.25, -0.2) is 10.5 Å². The van der Waals surface area contributed by atoms with E-state index in [1.165, 1.54) is 10.2 Å². The fraction of sp³-hybridized carbons (Fsp3) is 0.250. The molecule has 2 nitrogen and oxygen atoms in total. The predicted molar refractivity (Wildman–Crippen MR) is 63.5 cm³/mol. The molecule has 0 radical (unpaired) electrons. The monoisotopic (exact) mass is 219 g/mol. The molecule has 15 heavy (non-hydrogen) atoms. The quantitative estimate of drug-likeness (QED) is 0.498. The van der Waals surface area contributed by atoms with E-state index in [2.05, 4.69) is 23.0 Å². The Labute approximate surface area is 93.2 Å². The number of hydrogen-bond acceptors (Lipinski definition) is 2. The Morgan fingerprint density at radius 1 is 1.53 bits per heavy atom. The van der Waals surface area contributed by atoms with Crippen molar-refractivity contribution in [2.75, 3.05) is 13.7 Å². The van der Waals surface area contributed by atoms with Crippen molar-refractivity contribution in [3.05, 3.63) is 39.9 Å². The van der Waals surface area contributed by atoms with Gasteiger partial charge in [-0.3, -0.25) is 0 Å². The maximum atomic E-state index is 5.13. The number of nitrogens with zero attached hydrogens (tertiary/aromatic N) is 1. The van der Waals surface area contributed by atoms with Crippen molar-refractivity contribution >= 4 is 23.0 Å². The molecule has 0 fully saturated rings. The zero-order valence-corrected chi connectivity index (χ0v) is 9.67. The fourth-order valence-electron chi connectivity index (χ4n) is 1.39. The molecule has 3 heteroatoms. The lowest BCUT2D eigenvalue weighted by Crippen LogP contribution is -2.13. The molecule has 0 unspecified atom stereocenters. The average Bonchev–Trinajstić information content (AvgIpc) is 2.83. The van der Waals surface area contributed by atoms with Crippen molar-refractivity contribution < 1.29 is 4.42 Å². The molecule has 0 atom stereocenters. The molecule has 2 rings (SSSR count). The average molecular weight is 219 g/mol. The van der Waals surface area contributed by atoms with Gasteiger partial charge in [0, 0.05) is 11.5 Å². The third kappa shape index (κ3) is 2.14. The van der Waals surface area contributed by atoms with Gasteiger partial charge in [0.1, 0.15) is 0 Å². The minimum Gasteiger partial charge on any atom is -0.443 e.